The number of fused-ring (bicyclic) bond motifs is 1. The second kappa shape index (κ2) is 7.34. The first-order valence-electron chi connectivity index (χ1n) is 9.38. The van der Waals surface area contributed by atoms with Crippen molar-refractivity contribution in [2.75, 3.05) is 13.1 Å². The van der Waals surface area contributed by atoms with E-state index in [9.17, 15) is 5.11 Å². The third-order valence-electron chi connectivity index (χ3n) is 5.48. The monoisotopic (exact) mass is 358 g/mol. The maximum Gasteiger partial charge on any atom is 0.148 e. The van der Waals surface area contributed by atoms with Crippen LogP contribution in [0.2, 0.25) is 0 Å². The van der Waals surface area contributed by atoms with Crippen LogP contribution in [0.5, 0.6) is 5.75 Å². The van der Waals surface area contributed by atoms with E-state index in [-0.39, 0.29) is 5.75 Å². The predicted octanol–water partition coefficient (Wildman–Crippen LogP) is 3.90. The maximum absolute atomic E-state index is 10.7. The molecule has 27 heavy (non-hydrogen) atoms. The van der Waals surface area contributed by atoms with E-state index in [4.69, 9.17) is 5.26 Å². The van der Waals surface area contributed by atoms with Gasteiger partial charge in [0.1, 0.15) is 11.4 Å². The minimum atomic E-state index is 0.234. The van der Waals surface area contributed by atoms with Crippen LogP contribution in [0.25, 0.3) is 22.0 Å². The fourth-order valence-electron chi connectivity index (χ4n) is 3.79. The van der Waals surface area contributed by atoms with E-state index in [0.29, 0.717) is 29.2 Å². The van der Waals surface area contributed by atoms with E-state index < -0.39 is 0 Å². The molecule has 1 aromatic heterocycles. The molecule has 2 heterocycles. The summed E-state index contributed by atoms with van der Waals surface area (Å²) in [4.78, 5) is 2.44. The van der Waals surface area contributed by atoms with E-state index in [1.807, 2.05) is 30.3 Å². The second-order valence-electron chi connectivity index (χ2n) is 7.19. The van der Waals surface area contributed by atoms with Gasteiger partial charge in [-0.15, -0.1) is 5.10 Å². The van der Waals surface area contributed by atoms with E-state index in [0.717, 1.165) is 29.6 Å². The summed E-state index contributed by atoms with van der Waals surface area (Å²) >= 11 is 0. The lowest BCUT2D eigenvalue weighted by Crippen LogP contribution is -2.29. The zero-order valence-electron chi connectivity index (χ0n) is 15.4. The lowest BCUT2D eigenvalue weighted by Gasteiger charge is -2.20. The van der Waals surface area contributed by atoms with Gasteiger partial charge in [0.05, 0.1) is 17.1 Å². The molecule has 1 saturated heterocycles. The summed E-state index contributed by atoms with van der Waals surface area (Å²) < 4.78 is 0. The number of nitrogens with zero attached hydrogens (tertiary/aromatic N) is 4. The summed E-state index contributed by atoms with van der Waals surface area (Å²) in [6.07, 6.45) is 3.19. The van der Waals surface area contributed by atoms with Gasteiger partial charge in [-0.3, -0.25) is 0 Å². The highest BCUT2D eigenvalue weighted by molar-refractivity contribution is 5.88. The lowest BCUT2D eigenvalue weighted by atomic mass is 10.0. The molecule has 2 aromatic carbocycles. The minimum Gasteiger partial charge on any atom is -0.505 e. The van der Waals surface area contributed by atoms with Gasteiger partial charge in [-0.1, -0.05) is 18.2 Å². The van der Waals surface area contributed by atoms with Crippen molar-refractivity contribution in [1.29, 1.82) is 5.26 Å². The highest BCUT2D eigenvalue weighted by atomic mass is 16.3. The molecule has 1 aliphatic heterocycles. The van der Waals surface area contributed by atoms with E-state index >= 15 is 0 Å². The van der Waals surface area contributed by atoms with Crippen molar-refractivity contribution < 1.29 is 5.11 Å². The maximum atomic E-state index is 10.7. The Morgan fingerprint density at radius 2 is 1.93 bits per heavy atom. The molecule has 0 spiro atoms. The topological polar surface area (TPSA) is 73.0 Å². The number of hydrogen-bond acceptors (Lipinski definition) is 5. The molecule has 0 unspecified atom stereocenters. The number of nitriles is 1. The minimum absolute atomic E-state index is 0.234. The van der Waals surface area contributed by atoms with E-state index in [2.05, 4.69) is 28.1 Å². The number of aromatic hydroxyl groups is 1. The zero-order valence-corrected chi connectivity index (χ0v) is 15.4. The van der Waals surface area contributed by atoms with Gasteiger partial charge in [-0.05, 0) is 61.7 Å². The number of rotatable bonds is 4. The average Bonchev–Trinajstić information content (AvgIpc) is 3.12. The molecule has 1 atom stereocenters. The van der Waals surface area contributed by atoms with Gasteiger partial charge in [0.2, 0.25) is 0 Å². The first-order chi connectivity index (χ1) is 13.2. The highest BCUT2D eigenvalue weighted by Gasteiger charge is 2.20. The third kappa shape index (κ3) is 3.49. The van der Waals surface area contributed by atoms with Crippen molar-refractivity contribution >= 4 is 10.9 Å². The normalized spacial score (nSPS) is 17.3. The van der Waals surface area contributed by atoms with Crippen LogP contribution in [0.4, 0.5) is 0 Å². The average molecular weight is 358 g/mol. The summed E-state index contributed by atoms with van der Waals surface area (Å²) in [6.45, 7) is 4.28. The Kier molecular flexibility index (Phi) is 4.74. The molecule has 1 N–H and O–H groups in total. The van der Waals surface area contributed by atoms with Gasteiger partial charge in [-0.25, -0.2) is 0 Å². The van der Waals surface area contributed by atoms with E-state index in [1.165, 1.54) is 12.8 Å². The number of aromatic nitrogens is 2. The standard InChI is InChI=1S/C22H22N4O/c1-15-3-2-11-26(15)12-10-20-22(27)19-9-8-18(13-21(19)25-24-20)17-6-4-16(14-23)5-7-17/h4-9,13,15H,2-3,10-12H2,1H3,(H,25,27)/t15-/m1/s1. The summed E-state index contributed by atoms with van der Waals surface area (Å²) in [5.41, 5.74) is 3.96. The van der Waals surface area contributed by atoms with Crippen LogP contribution < -0.4 is 0 Å². The molecule has 0 saturated carbocycles. The van der Waals surface area contributed by atoms with Gasteiger partial charge in [0, 0.05) is 24.4 Å². The Hall–Kier alpha value is -2.97. The fourth-order valence-corrected chi connectivity index (χ4v) is 3.79. The molecule has 4 rings (SSSR count). The smallest absolute Gasteiger partial charge is 0.148 e. The van der Waals surface area contributed by atoms with Crippen LogP contribution in [-0.4, -0.2) is 39.3 Å². The Balaban J connectivity index is 1.59. The van der Waals surface area contributed by atoms with Crippen molar-refractivity contribution in [2.24, 2.45) is 0 Å². The summed E-state index contributed by atoms with van der Waals surface area (Å²) in [6, 6.07) is 15.9. The van der Waals surface area contributed by atoms with Crippen LogP contribution in [0.15, 0.2) is 42.5 Å². The van der Waals surface area contributed by atoms with Crippen LogP contribution in [0, 0.1) is 11.3 Å². The van der Waals surface area contributed by atoms with Gasteiger partial charge in [0.25, 0.3) is 0 Å². The lowest BCUT2D eigenvalue weighted by molar-refractivity contribution is 0.270. The van der Waals surface area contributed by atoms with Crippen molar-refractivity contribution in [3.8, 4) is 22.9 Å². The molecule has 0 aliphatic carbocycles. The third-order valence-corrected chi connectivity index (χ3v) is 5.48. The second-order valence-corrected chi connectivity index (χ2v) is 7.19. The molecule has 0 radical (unpaired) electrons. The first kappa shape index (κ1) is 17.4. The molecule has 0 bridgehead atoms. The molecule has 3 aromatic rings. The largest absolute Gasteiger partial charge is 0.505 e. The SMILES string of the molecule is C[C@@H]1CCCN1CCc1nnc2cc(-c3ccc(C#N)cc3)ccc2c1O. The van der Waals surface area contributed by atoms with Gasteiger partial charge < -0.3 is 10.0 Å². The first-order valence-corrected chi connectivity index (χ1v) is 9.38. The number of likely N-dealkylation sites (tertiary alicyclic amines) is 1. The molecule has 5 heteroatoms. The van der Waals surface area contributed by atoms with Crippen LogP contribution in [-0.2, 0) is 6.42 Å². The zero-order chi connectivity index (χ0) is 18.8. The summed E-state index contributed by atoms with van der Waals surface area (Å²) in [7, 11) is 0. The van der Waals surface area contributed by atoms with Crippen LogP contribution >= 0.6 is 0 Å². The molecule has 5 nitrogen and oxygen atoms in total. The van der Waals surface area contributed by atoms with Crippen molar-refractivity contribution in [3.63, 3.8) is 0 Å². The van der Waals surface area contributed by atoms with Gasteiger partial charge in [-0.2, -0.15) is 10.4 Å². The summed E-state index contributed by atoms with van der Waals surface area (Å²) in [5.74, 6) is 0.234. The molecular weight excluding hydrogens is 336 g/mol. The van der Waals surface area contributed by atoms with Gasteiger partial charge >= 0.3 is 0 Å². The molecular formula is C22H22N4O. The molecule has 1 aliphatic rings. The van der Waals surface area contributed by atoms with Crippen molar-refractivity contribution in [2.45, 2.75) is 32.2 Å². The highest BCUT2D eigenvalue weighted by Crippen LogP contribution is 2.30. The Bertz CT molecular complexity index is 1010. The molecule has 0 amide bonds. The molecule has 1 fully saturated rings. The Labute approximate surface area is 158 Å². The number of benzene rings is 2. The fraction of sp³-hybridized carbons (Fsp3) is 0.318. The van der Waals surface area contributed by atoms with Gasteiger partial charge in [0.15, 0.2) is 0 Å². The quantitative estimate of drug-likeness (QED) is 0.766. The molecule has 136 valence electrons. The van der Waals surface area contributed by atoms with Crippen LogP contribution in [0.1, 0.15) is 31.0 Å². The number of hydrogen-bond donors (Lipinski definition) is 1. The van der Waals surface area contributed by atoms with Crippen molar-refractivity contribution in [3.05, 3.63) is 53.7 Å². The predicted molar refractivity (Wildman–Crippen MR) is 105 cm³/mol. The van der Waals surface area contributed by atoms with Crippen molar-refractivity contribution in [1.82, 2.24) is 15.1 Å². The Morgan fingerprint density at radius 3 is 2.63 bits per heavy atom. The summed E-state index contributed by atoms with van der Waals surface area (Å²) in [5, 5.41) is 28.9. The Morgan fingerprint density at radius 1 is 1.15 bits per heavy atom. The van der Waals surface area contributed by atoms with E-state index in [1.54, 1.807) is 12.1 Å². The van der Waals surface area contributed by atoms with Crippen LogP contribution in [0.3, 0.4) is 0 Å².